The molecule has 0 saturated carbocycles. The van der Waals surface area contributed by atoms with Crippen LogP contribution in [-0.2, 0) is 6.54 Å². The first kappa shape index (κ1) is 12.6. The highest BCUT2D eigenvalue weighted by Gasteiger charge is 2.04. The highest BCUT2D eigenvalue weighted by atomic mass is 32.1. The molecule has 0 spiro atoms. The lowest BCUT2D eigenvalue weighted by atomic mass is 10.1. The van der Waals surface area contributed by atoms with Gasteiger partial charge in [0.15, 0.2) is 5.76 Å². The van der Waals surface area contributed by atoms with Crippen LogP contribution in [0.15, 0.2) is 28.8 Å². The number of aryl methyl sites for hydroxylation is 2. The first-order valence-electron chi connectivity index (χ1n) is 5.63. The number of hydrogen-bond acceptors (Lipinski definition) is 4. The molecule has 0 aliphatic carbocycles. The summed E-state index contributed by atoms with van der Waals surface area (Å²) in [5, 5.41) is 7.10. The third kappa shape index (κ3) is 2.87. The second kappa shape index (κ2) is 5.18. The van der Waals surface area contributed by atoms with Crippen molar-refractivity contribution in [1.29, 1.82) is 0 Å². The van der Waals surface area contributed by atoms with Gasteiger partial charge >= 0.3 is 0 Å². The Bertz CT molecular complexity index is 577. The van der Waals surface area contributed by atoms with E-state index in [4.69, 9.17) is 22.5 Å². The topological polar surface area (TPSA) is 64.1 Å². The van der Waals surface area contributed by atoms with Gasteiger partial charge in [-0.3, -0.25) is 0 Å². The van der Waals surface area contributed by atoms with Crippen molar-refractivity contribution in [2.75, 3.05) is 5.32 Å². The third-order valence-electron chi connectivity index (χ3n) is 2.64. The van der Waals surface area contributed by atoms with Crippen molar-refractivity contribution in [2.24, 2.45) is 5.73 Å². The molecule has 1 aromatic carbocycles. The fraction of sp³-hybridized carbons (Fsp3) is 0.231. The van der Waals surface area contributed by atoms with Gasteiger partial charge in [-0.2, -0.15) is 0 Å². The Labute approximate surface area is 111 Å². The van der Waals surface area contributed by atoms with Crippen molar-refractivity contribution in [1.82, 2.24) is 5.16 Å². The van der Waals surface area contributed by atoms with Gasteiger partial charge in [-0.05, 0) is 37.6 Å². The molecule has 0 saturated heterocycles. The number of hydrogen-bond donors (Lipinski definition) is 2. The zero-order valence-corrected chi connectivity index (χ0v) is 11.2. The summed E-state index contributed by atoms with van der Waals surface area (Å²) in [7, 11) is 0. The summed E-state index contributed by atoms with van der Waals surface area (Å²) in [6.45, 7) is 4.49. The van der Waals surface area contributed by atoms with Crippen LogP contribution in [-0.4, -0.2) is 10.1 Å². The van der Waals surface area contributed by atoms with E-state index in [1.807, 2.05) is 38.1 Å². The van der Waals surface area contributed by atoms with Gasteiger partial charge in [-0.25, -0.2) is 0 Å². The minimum atomic E-state index is 0.421. The number of anilines is 1. The number of rotatable bonds is 4. The molecule has 0 bridgehead atoms. The highest BCUT2D eigenvalue weighted by Crippen LogP contribution is 2.16. The number of nitrogens with one attached hydrogen (secondary N) is 1. The van der Waals surface area contributed by atoms with Crippen LogP contribution in [0, 0.1) is 13.8 Å². The Hall–Kier alpha value is -1.88. The first-order chi connectivity index (χ1) is 8.56. The van der Waals surface area contributed by atoms with Crippen LogP contribution in [0.25, 0.3) is 0 Å². The second-order valence-corrected chi connectivity index (χ2v) is 4.62. The van der Waals surface area contributed by atoms with Crippen molar-refractivity contribution < 1.29 is 4.52 Å². The average molecular weight is 261 g/mol. The van der Waals surface area contributed by atoms with Gasteiger partial charge < -0.3 is 15.6 Å². The summed E-state index contributed by atoms with van der Waals surface area (Å²) in [4.78, 5) is 0.421. The standard InChI is InChI=1S/C13H15N3OS/c1-8-5-10(3-4-12(8)13(14)18)15-7-11-6-9(2)16-17-11/h3-6,15H,7H2,1-2H3,(H2,14,18). The highest BCUT2D eigenvalue weighted by molar-refractivity contribution is 7.80. The van der Waals surface area contributed by atoms with Crippen molar-refractivity contribution in [3.63, 3.8) is 0 Å². The molecule has 0 radical (unpaired) electrons. The SMILES string of the molecule is Cc1cc(CNc2ccc(C(N)=S)c(C)c2)on1. The lowest BCUT2D eigenvalue weighted by Crippen LogP contribution is -2.11. The zero-order chi connectivity index (χ0) is 13.1. The molecule has 1 heterocycles. The minimum absolute atomic E-state index is 0.421. The maximum Gasteiger partial charge on any atom is 0.156 e. The van der Waals surface area contributed by atoms with Gasteiger partial charge in [0, 0.05) is 17.3 Å². The number of nitrogens with zero attached hydrogens (tertiary/aromatic N) is 1. The van der Waals surface area contributed by atoms with Crippen LogP contribution in [0.1, 0.15) is 22.6 Å². The molecule has 0 amide bonds. The third-order valence-corrected chi connectivity index (χ3v) is 2.86. The Kier molecular flexibility index (Phi) is 3.62. The summed E-state index contributed by atoms with van der Waals surface area (Å²) in [5.74, 6) is 0.809. The second-order valence-electron chi connectivity index (χ2n) is 4.18. The number of aromatic nitrogens is 1. The van der Waals surface area contributed by atoms with E-state index in [1.165, 1.54) is 0 Å². The van der Waals surface area contributed by atoms with Crippen molar-refractivity contribution in [3.05, 3.63) is 46.8 Å². The number of benzene rings is 1. The average Bonchev–Trinajstić information content (AvgIpc) is 2.72. The monoisotopic (exact) mass is 261 g/mol. The normalized spacial score (nSPS) is 10.3. The van der Waals surface area contributed by atoms with E-state index in [2.05, 4.69) is 10.5 Å². The number of thiocarbonyl (C=S) groups is 1. The molecule has 4 nitrogen and oxygen atoms in total. The predicted molar refractivity (Wildman–Crippen MR) is 75.6 cm³/mol. The summed E-state index contributed by atoms with van der Waals surface area (Å²) < 4.78 is 5.12. The Morgan fingerprint density at radius 3 is 2.72 bits per heavy atom. The molecule has 3 N–H and O–H groups in total. The molecule has 1 aromatic heterocycles. The van der Waals surface area contributed by atoms with Gasteiger partial charge in [0.25, 0.3) is 0 Å². The lowest BCUT2D eigenvalue weighted by molar-refractivity contribution is 0.384. The predicted octanol–water partition coefficient (Wildman–Crippen LogP) is 2.54. The van der Waals surface area contributed by atoms with Crippen LogP contribution in [0.3, 0.4) is 0 Å². The Morgan fingerprint density at radius 2 is 2.17 bits per heavy atom. The summed E-state index contributed by atoms with van der Waals surface area (Å²) in [6, 6.07) is 7.79. The van der Waals surface area contributed by atoms with E-state index in [0.717, 1.165) is 28.3 Å². The Balaban J connectivity index is 2.06. The fourth-order valence-corrected chi connectivity index (χ4v) is 1.97. The van der Waals surface area contributed by atoms with Gasteiger partial charge in [0.05, 0.1) is 12.2 Å². The molecule has 0 unspecified atom stereocenters. The maximum atomic E-state index is 5.62. The van der Waals surface area contributed by atoms with E-state index < -0.39 is 0 Å². The largest absolute Gasteiger partial charge is 0.389 e. The summed E-state index contributed by atoms with van der Waals surface area (Å²) in [6.07, 6.45) is 0. The van der Waals surface area contributed by atoms with E-state index >= 15 is 0 Å². The zero-order valence-electron chi connectivity index (χ0n) is 10.4. The molecule has 94 valence electrons. The van der Waals surface area contributed by atoms with E-state index in [1.54, 1.807) is 0 Å². The van der Waals surface area contributed by atoms with E-state index in [0.29, 0.717) is 11.5 Å². The van der Waals surface area contributed by atoms with Gasteiger partial charge in [0.1, 0.15) is 4.99 Å². The molecule has 2 aromatic rings. The quantitative estimate of drug-likeness (QED) is 0.828. The maximum absolute atomic E-state index is 5.62. The lowest BCUT2D eigenvalue weighted by Gasteiger charge is -2.08. The molecule has 0 aliphatic heterocycles. The first-order valence-corrected chi connectivity index (χ1v) is 6.03. The van der Waals surface area contributed by atoms with E-state index in [-0.39, 0.29) is 0 Å². The smallest absolute Gasteiger partial charge is 0.156 e. The fourth-order valence-electron chi connectivity index (χ4n) is 1.74. The Morgan fingerprint density at radius 1 is 1.39 bits per heavy atom. The molecule has 0 fully saturated rings. The molecular weight excluding hydrogens is 246 g/mol. The van der Waals surface area contributed by atoms with Crippen LogP contribution in [0.4, 0.5) is 5.69 Å². The molecule has 18 heavy (non-hydrogen) atoms. The minimum Gasteiger partial charge on any atom is -0.389 e. The van der Waals surface area contributed by atoms with Crippen molar-refractivity contribution in [3.8, 4) is 0 Å². The van der Waals surface area contributed by atoms with Crippen LogP contribution in [0.5, 0.6) is 0 Å². The van der Waals surface area contributed by atoms with Crippen LogP contribution < -0.4 is 11.1 Å². The van der Waals surface area contributed by atoms with Crippen LogP contribution >= 0.6 is 12.2 Å². The molecule has 0 aliphatic rings. The van der Waals surface area contributed by atoms with Crippen molar-refractivity contribution >= 4 is 22.9 Å². The summed E-state index contributed by atoms with van der Waals surface area (Å²) >= 11 is 4.97. The van der Waals surface area contributed by atoms with Crippen molar-refractivity contribution in [2.45, 2.75) is 20.4 Å². The van der Waals surface area contributed by atoms with Crippen LogP contribution in [0.2, 0.25) is 0 Å². The molecule has 2 rings (SSSR count). The van der Waals surface area contributed by atoms with Gasteiger partial charge in [-0.15, -0.1) is 0 Å². The summed E-state index contributed by atoms with van der Waals surface area (Å²) in [5.41, 5.74) is 9.47. The molecule has 5 heteroatoms. The van der Waals surface area contributed by atoms with Gasteiger partial charge in [0.2, 0.25) is 0 Å². The van der Waals surface area contributed by atoms with Gasteiger partial charge in [-0.1, -0.05) is 17.4 Å². The molecular formula is C13H15N3OS. The molecule has 0 atom stereocenters. The van der Waals surface area contributed by atoms with E-state index in [9.17, 15) is 0 Å². The number of nitrogens with two attached hydrogens (primary N) is 1.